The van der Waals surface area contributed by atoms with Gasteiger partial charge in [-0.05, 0) is 33.3 Å². The molecule has 18 heavy (non-hydrogen) atoms. The Morgan fingerprint density at radius 1 is 1.50 bits per heavy atom. The zero-order chi connectivity index (χ0) is 13.8. The molecule has 0 atom stereocenters. The smallest absolute Gasteiger partial charge is 0.317 e. The van der Waals surface area contributed by atoms with Gasteiger partial charge >= 0.3 is 5.97 Å². The van der Waals surface area contributed by atoms with Gasteiger partial charge in [-0.2, -0.15) is 5.10 Å². The lowest BCUT2D eigenvalue weighted by molar-refractivity contribution is -0.140. The average molecular weight is 253 g/mol. The van der Waals surface area contributed by atoms with E-state index >= 15 is 0 Å². The fraction of sp³-hybridized carbons (Fsp3) is 0.692. The molecule has 0 aromatic carbocycles. The average Bonchev–Trinajstić information content (AvgIpc) is 2.63. The van der Waals surface area contributed by atoms with Gasteiger partial charge in [0, 0.05) is 24.8 Å². The molecule has 0 unspecified atom stereocenters. The van der Waals surface area contributed by atoms with E-state index in [0.717, 1.165) is 18.7 Å². The molecule has 0 amide bonds. The Bertz CT molecular complexity index is 393. The highest BCUT2D eigenvalue weighted by molar-refractivity contribution is 5.69. The monoisotopic (exact) mass is 253 g/mol. The molecule has 1 N–H and O–H groups in total. The molecule has 1 rings (SSSR count). The van der Waals surface area contributed by atoms with Crippen molar-refractivity contribution in [1.82, 2.24) is 14.7 Å². The van der Waals surface area contributed by atoms with Crippen LogP contribution in [0.25, 0.3) is 0 Å². The molecular weight excluding hydrogens is 230 g/mol. The number of hydrogen-bond acceptors (Lipinski definition) is 3. The van der Waals surface area contributed by atoms with Crippen molar-refractivity contribution in [3.63, 3.8) is 0 Å². The second-order valence-electron chi connectivity index (χ2n) is 5.47. The predicted octanol–water partition coefficient (Wildman–Crippen LogP) is 1.98. The number of carbonyl (C=O) groups is 1. The number of carboxylic acids is 1. The standard InChI is InChI=1S/C13H23N3O2/c1-5-8-16-11(6-7-14-16)9-15(10-12(17)18)13(2,3)4/h6-7H,5,8-10H2,1-4H3,(H,17,18). The summed E-state index contributed by atoms with van der Waals surface area (Å²) in [6, 6.07) is 1.95. The predicted molar refractivity (Wildman–Crippen MR) is 70.3 cm³/mol. The fourth-order valence-electron chi connectivity index (χ4n) is 1.80. The first kappa shape index (κ1) is 14.7. The van der Waals surface area contributed by atoms with Gasteiger partial charge in [-0.3, -0.25) is 14.4 Å². The van der Waals surface area contributed by atoms with Crippen LogP contribution in [-0.2, 0) is 17.9 Å². The molecule has 0 aliphatic rings. The summed E-state index contributed by atoms with van der Waals surface area (Å²) >= 11 is 0. The largest absolute Gasteiger partial charge is 0.480 e. The van der Waals surface area contributed by atoms with Gasteiger partial charge in [0.15, 0.2) is 0 Å². The van der Waals surface area contributed by atoms with Crippen LogP contribution in [0.3, 0.4) is 0 Å². The van der Waals surface area contributed by atoms with Crippen LogP contribution in [0.4, 0.5) is 0 Å². The second-order valence-corrected chi connectivity index (χ2v) is 5.47. The lowest BCUT2D eigenvalue weighted by atomic mass is 10.1. The van der Waals surface area contributed by atoms with Crippen molar-refractivity contribution in [2.75, 3.05) is 6.54 Å². The highest BCUT2D eigenvalue weighted by atomic mass is 16.4. The van der Waals surface area contributed by atoms with Crippen LogP contribution in [0, 0.1) is 0 Å². The SMILES string of the molecule is CCCn1nccc1CN(CC(=O)O)C(C)(C)C. The number of aromatic nitrogens is 2. The van der Waals surface area contributed by atoms with Crippen LogP contribution in [0.1, 0.15) is 39.8 Å². The van der Waals surface area contributed by atoms with Gasteiger partial charge in [-0.1, -0.05) is 6.92 Å². The quantitative estimate of drug-likeness (QED) is 0.842. The summed E-state index contributed by atoms with van der Waals surface area (Å²) < 4.78 is 1.95. The molecule has 0 saturated carbocycles. The summed E-state index contributed by atoms with van der Waals surface area (Å²) in [6.07, 6.45) is 2.79. The van der Waals surface area contributed by atoms with E-state index < -0.39 is 5.97 Å². The molecule has 5 heteroatoms. The second kappa shape index (κ2) is 6.00. The minimum absolute atomic E-state index is 0.0425. The van der Waals surface area contributed by atoms with Crippen molar-refractivity contribution in [2.45, 2.75) is 52.7 Å². The van der Waals surface area contributed by atoms with Crippen LogP contribution < -0.4 is 0 Å². The third kappa shape index (κ3) is 4.14. The minimum Gasteiger partial charge on any atom is -0.480 e. The maximum absolute atomic E-state index is 10.9. The third-order valence-electron chi connectivity index (χ3n) is 2.87. The first-order valence-corrected chi connectivity index (χ1v) is 6.32. The van der Waals surface area contributed by atoms with Crippen molar-refractivity contribution in [3.05, 3.63) is 18.0 Å². The number of carboxylic acid groups (broad SMARTS) is 1. The Labute approximate surface area is 108 Å². The molecule has 0 fully saturated rings. The Hall–Kier alpha value is -1.36. The van der Waals surface area contributed by atoms with Crippen molar-refractivity contribution in [3.8, 4) is 0 Å². The zero-order valence-corrected chi connectivity index (χ0v) is 11.7. The van der Waals surface area contributed by atoms with Crippen LogP contribution in [0.2, 0.25) is 0 Å². The van der Waals surface area contributed by atoms with E-state index in [-0.39, 0.29) is 12.1 Å². The highest BCUT2D eigenvalue weighted by Crippen LogP contribution is 2.17. The van der Waals surface area contributed by atoms with Crippen molar-refractivity contribution < 1.29 is 9.90 Å². The summed E-state index contributed by atoms with van der Waals surface area (Å²) in [5.41, 5.74) is 0.882. The Morgan fingerprint density at radius 2 is 2.17 bits per heavy atom. The number of aryl methyl sites for hydroxylation is 1. The summed E-state index contributed by atoms with van der Waals surface area (Å²) in [4.78, 5) is 12.9. The first-order chi connectivity index (χ1) is 8.34. The number of rotatable bonds is 6. The molecule has 0 bridgehead atoms. The molecule has 1 aromatic rings. The Morgan fingerprint density at radius 3 is 2.67 bits per heavy atom. The van der Waals surface area contributed by atoms with E-state index in [1.54, 1.807) is 6.20 Å². The molecule has 1 aromatic heterocycles. The molecule has 0 aliphatic carbocycles. The normalized spacial score (nSPS) is 12.1. The minimum atomic E-state index is -0.800. The zero-order valence-electron chi connectivity index (χ0n) is 11.7. The molecule has 5 nitrogen and oxygen atoms in total. The summed E-state index contributed by atoms with van der Waals surface area (Å²) in [6.45, 7) is 9.69. The molecule has 1 heterocycles. The summed E-state index contributed by atoms with van der Waals surface area (Å²) in [7, 11) is 0. The summed E-state index contributed by atoms with van der Waals surface area (Å²) in [5.74, 6) is -0.800. The maximum Gasteiger partial charge on any atom is 0.317 e. The van der Waals surface area contributed by atoms with E-state index in [9.17, 15) is 4.79 Å². The molecule has 0 radical (unpaired) electrons. The Kier molecular flexibility index (Phi) is 4.90. The van der Waals surface area contributed by atoms with Crippen molar-refractivity contribution >= 4 is 5.97 Å². The highest BCUT2D eigenvalue weighted by Gasteiger charge is 2.24. The molecule has 0 spiro atoms. The van der Waals surface area contributed by atoms with Gasteiger partial charge < -0.3 is 5.11 Å². The summed E-state index contributed by atoms with van der Waals surface area (Å²) in [5, 5.41) is 13.2. The maximum atomic E-state index is 10.9. The number of hydrogen-bond donors (Lipinski definition) is 1. The van der Waals surface area contributed by atoms with Crippen LogP contribution in [0.15, 0.2) is 12.3 Å². The lowest BCUT2D eigenvalue weighted by Crippen LogP contribution is -2.44. The molecular formula is C13H23N3O2. The van der Waals surface area contributed by atoms with Gasteiger partial charge in [-0.15, -0.1) is 0 Å². The van der Waals surface area contributed by atoms with E-state index in [1.807, 2.05) is 36.4 Å². The fourth-order valence-corrected chi connectivity index (χ4v) is 1.80. The molecule has 0 saturated heterocycles. The van der Waals surface area contributed by atoms with E-state index in [0.29, 0.717) is 6.54 Å². The van der Waals surface area contributed by atoms with Gasteiger partial charge in [0.25, 0.3) is 0 Å². The van der Waals surface area contributed by atoms with E-state index in [2.05, 4.69) is 12.0 Å². The van der Waals surface area contributed by atoms with Crippen LogP contribution in [-0.4, -0.2) is 37.8 Å². The van der Waals surface area contributed by atoms with E-state index in [1.165, 1.54) is 0 Å². The first-order valence-electron chi connectivity index (χ1n) is 6.32. The van der Waals surface area contributed by atoms with Crippen molar-refractivity contribution in [1.29, 1.82) is 0 Å². The van der Waals surface area contributed by atoms with Crippen molar-refractivity contribution in [2.24, 2.45) is 0 Å². The Balaban J connectivity index is 2.82. The van der Waals surface area contributed by atoms with Crippen LogP contribution in [0.5, 0.6) is 0 Å². The lowest BCUT2D eigenvalue weighted by Gasteiger charge is -2.34. The molecule has 102 valence electrons. The topological polar surface area (TPSA) is 58.4 Å². The molecule has 0 aliphatic heterocycles. The number of nitrogens with zero attached hydrogens (tertiary/aromatic N) is 3. The van der Waals surface area contributed by atoms with Crippen LogP contribution >= 0.6 is 0 Å². The van der Waals surface area contributed by atoms with Gasteiger partial charge in [0.2, 0.25) is 0 Å². The number of aliphatic carboxylic acids is 1. The van der Waals surface area contributed by atoms with Gasteiger partial charge in [0.05, 0.1) is 12.2 Å². The van der Waals surface area contributed by atoms with Gasteiger partial charge in [0.1, 0.15) is 0 Å². The van der Waals surface area contributed by atoms with E-state index in [4.69, 9.17) is 5.11 Å². The third-order valence-corrected chi connectivity index (χ3v) is 2.87. The van der Waals surface area contributed by atoms with Gasteiger partial charge in [-0.25, -0.2) is 0 Å².